The molecule has 4 N–H and O–H groups in total. The second kappa shape index (κ2) is 7.04. The van der Waals surface area contributed by atoms with Gasteiger partial charge in [-0.05, 0) is 66.7 Å². The Bertz CT molecular complexity index is 906. The van der Waals surface area contributed by atoms with Crippen LogP contribution in [0.25, 0.3) is 10.9 Å². The summed E-state index contributed by atoms with van der Waals surface area (Å²) in [6, 6.07) is 16.0. The number of nitrogens with one attached hydrogen (secondary N) is 4. The molecule has 0 spiro atoms. The minimum atomic E-state index is 0.286. The van der Waals surface area contributed by atoms with Gasteiger partial charge in [-0.2, -0.15) is 0 Å². The highest BCUT2D eigenvalue weighted by atomic mass is 15.0. The average Bonchev–Trinajstić information content (AvgIpc) is 3.30. The van der Waals surface area contributed by atoms with Gasteiger partial charge < -0.3 is 20.9 Å². The van der Waals surface area contributed by atoms with Crippen LogP contribution < -0.4 is 16.0 Å². The van der Waals surface area contributed by atoms with E-state index >= 15 is 0 Å². The molecule has 0 radical (unpaired) electrons. The predicted molar refractivity (Wildman–Crippen MR) is 111 cm³/mol. The number of aromatic nitrogens is 1. The smallest absolute Gasteiger partial charge is 0.0458 e. The number of benzene rings is 2. The van der Waals surface area contributed by atoms with Crippen LogP contribution in [0.2, 0.25) is 0 Å². The summed E-state index contributed by atoms with van der Waals surface area (Å²) < 4.78 is 0. The molecule has 1 saturated heterocycles. The fraction of sp³-hybridized carbons (Fsp3) is 0.364. The van der Waals surface area contributed by atoms with E-state index in [0.717, 1.165) is 13.1 Å². The number of aryl methyl sites for hydroxylation is 1. The fourth-order valence-corrected chi connectivity index (χ4v) is 3.92. The summed E-state index contributed by atoms with van der Waals surface area (Å²) in [5, 5.41) is 11.7. The Morgan fingerprint density at radius 1 is 1.12 bits per heavy atom. The van der Waals surface area contributed by atoms with E-state index in [1.54, 1.807) is 0 Å². The van der Waals surface area contributed by atoms with Gasteiger partial charge in [0.2, 0.25) is 0 Å². The van der Waals surface area contributed by atoms with E-state index in [2.05, 4.69) is 77.2 Å². The maximum Gasteiger partial charge on any atom is 0.0458 e. The first kappa shape index (κ1) is 17.0. The van der Waals surface area contributed by atoms with Crippen molar-refractivity contribution in [3.05, 3.63) is 59.3 Å². The lowest BCUT2D eigenvalue weighted by Crippen LogP contribution is -2.22. The van der Waals surface area contributed by atoms with Crippen molar-refractivity contribution in [3.8, 4) is 0 Å². The molecular formula is C22H28N4. The largest absolute Gasteiger partial charge is 0.388 e. The third kappa shape index (κ3) is 3.29. The molecule has 136 valence electrons. The lowest BCUT2D eigenvalue weighted by atomic mass is 9.95. The van der Waals surface area contributed by atoms with E-state index in [9.17, 15) is 0 Å². The molecule has 4 nitrogen and oxygen atoms in total. The Labute approximate surface area is 155 Å². The van der Waals surface area contributed by atoms with Crippen molar-refractivity contribution in [2.45, 2.75) is 32.2 Å². The molecule has 2 unspecified atom stereocenters. The van der Waals surface area contributed by atoms with Gasteiger partial charge in [0, 0.05) is 48.1 Å². The number of rotatable bonds is 5. The zero-order valence-electron chi connectivity index (χ0n) is 15.8. The van der Waals surface area contributed by atoms with Gasteiger partial charge in [0.25, 0.3) is 0 Å². The number of fused-ring (bicyclic) bond motifs is 1. The minimum Gasteiger partial charge on any atom is -0.388 e. The summed E-state index contributed by atoms with van der Waals surface area (Å²) in [5.74, 6) is 0.286. The van der Waals surface area contributed by atoms with Crippen molar-refractivity contribution in [1.29, 1.82) is 0 Å². The highest BCUT2D eigenvalue weighted by Crippen LogP contribution is 2.33. The molecule has 0 saturated carbocycles. The standard InChI is InChI=1S/C22H28N4/c1-14-4-5-16-11-21(26-22(16)10-14)15(2)19-12-17(6-7-20(19)23-3)25-18-8-9-24-13-18/h4-7,10-12,15,18,23-26H,8-9,13H2,1-3H3. The summed E-state index contributed by atoms with van der Waals surface area (Å²) in [6.07, 6.45) is 1.18. The van der Waals surface area contributed by atoms with E-state index in [1.807, 2.05) is 7.05 Å². The molecule has 1 aliphatic rings. The Hall–Kier alpha value is -2.46. The molecule has 2 aromatic carbocycles. The summed E-state index contributed by atoms with van der Waals surface area (Å²) in [5.41, 5.74) is 7.44. The van der Waals surface area contributed by atoms with E-state index in [0.29, 0.717) is 6.04 Å². The summed E-state index contributed by atoms with van der Waals surface area (Å²) in [6.45, 7) is 6.55. The first-order valence-corrected chi connectivity index (χ1v) is 9.52. The molecule has 4 heteroatoms. The SMILES string of the molecule is CNc1ccc(NC2CCNC2)cc1C(C)c1cc2ccc(C)cc2[nH]1. The maximum atomic E-state index is 3.67. The van der Waals surface area contributed by atoms with Crippen LogP contribution in [0.1, 0.15) is 36.1 Å². The van der Waals surface area contributed by atoms with Gasteiger partial charge >= 0.3 is 0 Å². The normalized spacial score (nSPS) is 18.2. The van der Waals surface area contributed by atoms with E-state index in [1.165, 1.54) is 45.5 Å². The van der Waals surface area contributed by atoms with Gasteiger partial charge in [0.05, 0.1) is 0 Å². The number of aromatic amines is 1. The average molecular weight is 348 g/mol. The highest BCUT2D eigenvalue weighted by Gasteiger charge is 2.18. The Morgan fingerprint density at radius 2 is 2.00 bits per heavy atom. The molecule has 0 aliphatic carbocycles. The molecule has 0 bridgehead atoms. The van der Waals surface area contributed by atoms with Gasteiger partial charge in [-0.15, -0.1) is 0 Å². The maximum absolute atomic E-state index is 3.67. The van der Waals surface area contributed by atoms with Crippen molar-refractivity contribution in [3.63, 3.8) is 0 Å². The van der Waals surface area contributed by atoms with E-state index < -0.39 is 0 Å². The lowest BCUT2D eigenvalue weighted by Gasteiger charge is -2.19. The first-order valence-electron chi connectivity index (χ1n) is 9.52. The summed E-state index contributed by atoms with van der Waals surface area (Å²) >= 11 is 0. The molecule has 1 aromatic heterocycles. The van der Waals surface area contributed by atoms with Gasteiger partial charge in [-0.3, -0.25) is 0 Å². The van der Waals surface area contributed by atoms with Crippen molar-refractivity contribution in [2.24, 2.45) is 0 Å². The second-order valence-corrected chi connectivity index (χ2v) is 7.42. The molecule has 0 amide bonds. The van der Waals surface area contributed by atoms with Crippen molar-refractivity contribution in [2.75, 3.05) is 30.8 Å². The van der Waals surface area contributed by atoms with E-state index in [4.69, 9.17) is 0 Å². The summed E-state index contributed by atoms with van der Waals surface area (Å²) in [4.78, 5) is 3.62. The monoisotopic (exact) mass is 348 g/mol. The van der Waals surface area contributed by atoms with Gasteiger partial charge in [0.1, 0.15) is 0 Å². The van der Waals surface area contributed by atoms with Gasteiger partial charge in [0.15, 0.2) is 0 Å². The molecule has 2 atom stereocenters. The third-order valence-electron chi connectivity index (χ3n) is 5.48. The van der Waals surface area contributed by atoms with Crippen LogP contribution in [-0.2, 0) is 0 Å². The van der Waals surface area contributed by atoms with Crippen LogP contribution in [0, 0.1) is 6.92 Å². The molecule has 26 heavy (non-hydrogen) atoms. The number of hydrogen-bond donors (Lipinski definition) is 4. The molecule has 1 fully saturated rings. The fourth-order valence-electron chi connectivity index (χ4n) is 3.92. The second-order valence-electron chi connectivity index (χ2n) is 7.42. The van der Waals surface area contributed by atoms with Gasteiger partial charge in [-0.1, -0.05) is 19.1 Å². The van der Waals surface area contributed by atoms with Crippen LogP contribution in [0.4, 0.5) is 11.4 Å². The third-order valence-corrected chi connectivity index (χ3v) is 5.48. The number of H-pyrrole nitrogens is 1. The first-order chi connectivity index (χ1) is 12.6. The summed E-state index contributed by atoms with van der Waals surface area (Å²) in [7, 11) is 1.99. The highest BCUT2D eigenvalue weighted by molar-refractivity contribution is 5.81. The zero-order valence-corrected chi connectivity index (χ0v) is 15.8. The Morgan fingerprint density at radius 3 is 2.77 bits per heavy atom. The van der Waals surface area contributed by atoms with Crippen LogP contribution in [-0.4, -0.2) is 31.2 Å². The topological polar surface area (TPSA) is 51.9 Å². The van der Waals surface area contributed by atoms with Crippen molar-refractivity contribution < 1.29 is 0 Å². The molecule has 3 aromatic rings. The minimum absolute atomic E-state index is 0.286. The Kier molecular flexibility index (Phi) is 4.60. The van der Waals surface area contributed by atoms with Gasteiger partial charge in [-0.25, -0.2) is 0 Å². The van der Waals surface area contributed by atoms with E-state index in [-0.39, 0.29) is 5.92 Å². The van der Waals surface area contributed by atoms with Crippen molar-refractivity contribution in [1.82, 2.24) is 10.3 Å². The lowest BCUT2D eigenvalue weighted by molar-refractivity contribution is 0.792. The van der Waals surface area contributed by atoms with Crippen LogP contribution in [0.3, 0.4) is 0 Å². The molecule has 1 aliphatic heterocycles. The zero-order chi connectivity index (χ0) is 18.1. The number of anilines is 2. The quantitative estimate of drug-likeness (QED) is 0.551. The van der Waals surface area contributed by atoms with Crippen LogP contribution >= 0.6 is 0 Å². The predicted octanol–water partition coefficient (Wildman–Crippen LogP) is 4.44. The van der Waals surface area contributed by atoms with Crippen LogP contribution in [0.15, 0.2) is 42.5 Å². The number of hydrogen-bond acceptors (Lipinski definition) is 3. The molecule has 2 heterocycles. The molecular weight excluding hydrogens is 320 g/mol. The molecule has 4 rings (SSSR count). The van der Waals surface area contributed by atoms with Crippen LogP contribution in [0.5, 0.6) is 0 Å². The van der Waals surface area contributed by atoms with Crippen molar-refractivity contribution >= 4 is 22.3 Å². The Balaban J connectivity index is 1.66.